The molecule has 1 aliphatic heterocycles. The Morgan fingerprint density at radius 3 is 2.69 bits per heavy atom. The molecule has 7 heteroatoms. The van der Waals surface area contributed by atoms with Crippen molar-refractivity contribution in [2.45, 2.75) is 25.8 Å². The van der Waals surface area contributed by atoms with Crippen LogP contribution in [0.5, 0.6) is 5.75 Å². The second-order valence-electron chi connectivity index (χ2n) is 7.04. The Hall–Kier alpha value is -3.35. The van der Waals surface area contributed by atoms with Gasteiger partial charge in [0.05, 0.1) is 11.7 Å². The van der Waals surface area contributed by atoms with Crippen molar-refractivity contribution in [2.24, 2.45) is 0 Å². The lowest BCUT2D eigenvalue weighted by Crippen LogP contribution is -2.34. The van der Waals surface area contributed by atoms with Crippen LogP contribution in [0.15, 0.2) is 55.1 Å². The monoisotopic (exact) mass is 392 g/mol. The SMILES string of the molecule is Cc1cc(-c2cncnc2)cc([C@@H]2CCCN2C(=O)COc2ccc(F)cc2)n1. The van der Waals surface area contributed by atoms with Crippen molar-refractivity contribution in [1.29, 1.82) is 0 Å². The van der Waals surface area contributed by atoms with Crippen LogP contribution in [-0.4, -0.2) is 38.9 Å². The number of aryl methyl sites for hydroxylation is 1. The van der Waals surface area contributed by atoms with E-state index in [1.165, 1.54) is 30.6 Å². The molecule has 0 radical (unpaired) electrons. The minimum Gasteiger partial charge on any atom is -0.484 e. The van der Waals surface area contributed by atoms with E-state index < -0.39 is 0 Å². The number of carbonyl (C=O) groups excluding carboxylic acids is 1. The van der Waals surface area contributed by atoms with Gasteiger partial charge in [0, 0.05) is 30.2 Å². The van der Waals surface area contributed by atoms with Crippen LogP contribution < -0.4 is 4.74 Å². The number of nitrogens with zero attached hydrogens (tertiary/aromatic N) is 4. The summed E-state index contributed by atoms with van der Waals surface area (Å²) in [5.74, 6) is 0.0219. The highest BCUT2D eigenvalue weighted by atomic mass is 19.1. The topological polar surface area (TPSA) is 68.2 Å². The molecule has 0 aliphatic carbocycles. The highest BCUT2D eigenvalue weighted by Crippen LogP contribution is 2.33. The van der Waals surface area contributed by atoms with Crippen LogP contribution in [0.4, 0.5) is 4.39 Å². The van der Waals surface area contributed by atoms with Gasteiger partial charge in [0.1, 0.15) is 17.9 Å². The van der Waals surface area contributed by atoms with Crippen molar-refractivity contribution in [2.75, 3.05) is 13.2 Å². The minimum atomic E-state index is -0.339. The summed E-state index contributed by atoms with van der Waals surface area (Å²) in [6.07, 6.45) is 6.78. The van der Waals surface area contributed by atoms with Gasteiger partial charge < -0.3 is 9.64 Å². The van der Waals surface area contributed by atoms with Crippen LogP contribution in [0.1, 0.15) is 30.3 Å². The van der Waals surface area contributed by atoms with Crippen LogP contribution in [0.3, 0.4) is 0 Å². The predicted molar refractivity (Wildman–Crippen MR) is 106 cm³/mol. The van der Waals surface area contributed by atoms with Gasteiger partial charge in [-0.3, -0.25) is 9.78 Å². The third-order valence-electron chi connectivity index (χ3n) is 4.96. The Morgan fingerprint density at radius 1 is 1.17 bits per heavy atom. The third-order valence-corrected chi connectivity index (χ3v) is 4.96. The van der Waals surface area contributed by atoms with E-state index in [1.54, 1.807) is 12.4 Å². The first-order valence-electron chi connectivity index (χ1n) is 9.52. The number of benzene rings is 1. The van der Waals surface area contributed by atoms with Gasteiger partial charge in [-0.15, -0.1) is 0 Å². The second kappa shape index (κ2) is 8.34. The van der Waals surface area contributed by atoms with Crippen molar-refractivity contribution in [3.05, 3.63) is 72.3 Å². The quantitative estimate of drug-likeness (QED) is 0.662. The fourth-order valence-electron chi connectivity index (χ4n) is 3.61. The van der Waals surface area contributed by atoms with E-state index in [2.05, 4.69) is 15.0 Å². The largest absolute Gasteiger partial charge is 0.484 e. The standard InChI is InChI=1S/C22H21FN4O2/c1-15-9-16(17-11-24-14-25-12-17)10-20(26-15)21-3-2-8-27(21)22(28)13-29-19-6-4-18(23)5-7-19/h4-7,9-12,14,21H,2-3,8,13H2,1H3/t21-/m0/s1. The van der Waals surface area contributed by atoms with E-state index in [9.17, 15) is 9.18 Å². The number of halogens is 1. The Balaban J connectivity index is 1.51. The minimum absolute atomic E-state index is 0.0899. The molecule has 0 N–H and O–H groups in total. The number of hydrogen-bond acceptors (Lipinski definition) is 5. The van der Waals surface area contributed by atoms with Gasteiger partial charge in [0.15, 0.2) is 6.61 Å². The summed E-state index contributed by atoms with van der Waals surface area (Å²) in [4.78, 5) is 27.5. The highest BCUT2D eigenvalue weighted by molar-refractivity contribution is 5.78. The maximum absolute atomic E-state index is 13.0. The van der Waals surface area contributed by atoms with Crippen LogP contribution >= 0.6 is 0 Å². The number of amides is 1. The summed E-state index contributed by atoms with van der Waals surface area (Å²) in [6.45, 7) is 2.51. The fourth-order valence-corrected chi connectivity index (χ4v) is 3.61. The normalized spacial score (nSPS) is 16.1. The molecular weight excluding hydrogens is 371 g/mol. The zero-order chi connectivity index (χ0) is 20.2. The van der Waals surface area contributed by atoms with Gasteiger partial charge in [-0.05, 0) is 61.7 Å². The lowest BCUT2D eigenvalue weighted by molar-refractivity contribution is -0.134. The molecule has 0 saturated carbocycles. The van der Waals surface area contributed by atoms with E-state index in [4.69, 9.17) is 4.74 Å². The molecule has 1 saturated heterocycles. The zero-order valence-electron chi connectivity index (χ0n) is 16.1. The summed E-state index contributed by atoms with van der Waals surface area (Å²) in [6, 6.07) is 9.54. The van der Waals surface area contributed by atoms with Crippen LogP contribution in [0.25, 0.3) is 11.1 Å². The number of likely N-dealkylation sites (tertiary alicyclic amines) is 1. The molecular formula is C22H21FN4O2. The Labute approximate surface area is 168 Å². The van der Waals surface area contributed by atoms with Crippen molar-refractivity contribution in [1.82, 2.24) is 19.9 Å². The van der Waals surface area contributed by atoms with Crippen LogP contribution in [-0.2, 0) is 4.79 Å². The summed E-state index contributed by atoms with van der Waals surface area (Å²) >= 11 is 0. The number of rotatable bonds is 5. The lowest BCUT2D eigenvalue weighted by Gasteiger charge is -2.25. The summed E-state index contributed by atoms with van der Waals surface area (Å²) in [5.41, 5.74) is 3.63. The molecule has 0 unspecified atom stereocenters. The van der Waals surface area contributed by atoms with Crippen molar-refractivity contribution in [3.8, 4) is 16.9 Å². The molecule has 1 fully saturated rings. The van der Waals surface area contributed by atoms with Crippen molar-refractivity contribution >= 4 is 5.91 Å². The van der Waals surface area contributed by atoms with E-state index in [1.807, 2.05) is 24.0 Å². The maximum Gasteiger partial charge on any atom is 0.261 e. The second-order valence-corrected chi connectivity index (χ2v) is 7.04. The molecule has 2 aromatic heterocycles. The first kappa shape index (κ1) is 19.0. The fraction of sp³-hybridized carbons (Fsp3) is 0.273. The van der Waals surface area contributed by atoms with Gasteiger partial charge in [-0.25, -0.2) is 14.4 Å². The molecule has 4 rings (SSSR count). The summed E-state index contributed by atoms with van der Waals surface area (Å²) < 4.78 is 18.6. The molecule has 3 heterocycles. The summed E-state index contributed by atoms with van der Waals surface area (Å²) in [5, 5.41) is 0. The molecule has 6 nitrogen and oxygen atoms in total. The van der Waals surface area contributed by atoms with E-state index in [0.29, 0.717) is 12.3 Å². The molecule has 1 atom stereocenters. The number of carbonyl (C=O) groups is 1. The Morgan fingerprint density at radius 2 is 1.93 bits per heavy atom. The maximum atomic E-state index is 13.0. The third kappa shape index (κ3) is 4.39. The Kier molecular flexibility index (Phi) is 5.46. The van der Waals surface area contributed by atoms with Gasteiger partial charge in [-0.1, -0.05) is 0 Å². The first-order valence-corrected chi connectivity index (χ1v) is 9.52. The molecule has 29 heavy (non-hydrogen) atoms. The average Bonchev–Trinajstić information content (AvgIpc) is 3.23. The first-order chi connectivity index (χ1) is 14.1. The number of hydrogen-bond donors (Lipinski definition) is 0. The number of aromatic nitrogens is 3. The molecule has 3 aromatic rings. The van der Waals surface area contributed by atoms with Crippen molar-refractivity contribution < 1.29 is 13.9 Å². The number of ether oxygens (including phenoxy) is 1. The van der Waals surface area contributed by atoms with Crippen LogP contribution in [0, 0.1) is 12.7 Å². The molecule has 0 spiro atoms. The van der Waals surface area contributed by atoms with E-state index >= 15 is 0 Å². The molecule has 148 valence electrons. The van der Waals surface area contributed by atoms with Crippen LogP contribution in [0.2, 0.25) is 0 Å². The van der Waals surface area contributed by atoms with E-state index in [-0.39, 0.29) is 24.4 Å². The average molecular weight is 392 g/mol. The van der Waals surface area contributed by atoms with Gasteiger partial charge >= 0.3 is 0 Å². The zero-order valence-corrected chi connectivity index (χ0v) is 16.1. The summed E-state index contributed by atoms with van der Waals surface area (Å²) in [7, 11) is 0. The van der Waals surface area contributed by atoms with Crippen molar-refractivity contribution in [3.63, 3.8) is 0 Å². The molecule has 1 aliphatic rings. The molecule has 1 aromatic carbocycles. The highest BCUT2D eigenvalue weighted by Gasteiger charge is 2.31. The van der Waals surface area contributed by atoms with Gasteiger partial charge in [0.25, 0.3) is 5.91 Å². The van der Waals surface area contributed by atoms with E-state index in [0.717, 1.165) is 35.4 Å². The van der Waals surface area contributed by atoms with Gasteiger partial charge in [0.2, 0.25) is 0 Å². The van der Waals surface area contributed by atoms with Gasteiger partial charge in [-0.2, -0.15) is 0 Å². The lowest BCUT2D eigenvalue weighted by atomic mass is 10.0. The molecule has 1 amide bonds. The predicted octanol–water partition coefficient (Wildman–Crippen LogP) is 3.73. The molecule has 0 bridgehead atoms. The smallest absolute Gasteiger partial charge is 0.261 e. The number of pyridine rings is 1. The Bertz CT molecular complexity index is 995.